The summed E-state index contributed by atoms with van der Waals surface area (Å²) in [7, 11) is 0. The molecule has 0 aromatic heterocycles. The average molecular weight is 626 g/mol. The lowest BCUT2D eigenvalue weighted by Crippen LogP contribution is -2.44. The number of carbonyl (C=O) groups is 2. The van der Waals surface area contributed by atoms with Gasteiger partial charge in [0, 0.05) is 42.5 Å². The van der Waals surface area contributed by atoms with Crippen LogP contribution in [-0.4, -0.2) is 47.9 Å². The number of unbranched alkanes of at least 4 members (excludes halogenated alkanes) is 2. The van der Waals surface area contributed by atoms with E-state index in [0.29, 0.717) is 49.7 Å². The number of hydrogen-bond acceptors (Lipinski definition) is 2. The van der Waals surface area contributed by atoms with Gasteiger partial charge in [-0.1, -0.05) is 79.4 Å². The maximum atomic E-state index is 13.7. The van der Waals surface area contributed by atoms with Crippen LogP contribution in [-0.2, 0) is 6.18 Å². The minimum Gasteiger partial charge on any atom is -0.339 e. The van der Waals surface area contributed by atoms with Crippen LogP contribution < -0.4 is 5.32 Å². The SMILES string of the molecule is CCCCC/C(=C\c1ccccc1)CN(CC1CCN(C(=O)c2cccc(C(F)(F)F)c2)CC1)C(=O)Nc1ccc(Cl)cc1. The lowest BCUT2D eigenvalue weighted by atomic mass is 9.95. The summed E-state index contributed by atoms with van der Waals surface area (Å²) < 4.78 is 39.6. The molecule has 0 unspecified atom stereocenters. The van der Waals surface area contributed by atoms with E-state index in [-0.39, 0.29) is 17.5 Å². The Labute approximate surface area is 262 Å². The van der Waals surface area contributed by atoms with Crippen LogP contribution in [0.3, 0.4) is 0 Å². The van der Waals surface area contributed by atoms with Crippen molar-refractivity contribution in [3.05, 3.63) is 106 Å². The van der Waals surface area contributed by atoms with Gasteiger partial charge in [-0.15, -0.1) is 0 Å². The predicted molar refractivity (Wildman–Crippen MR) is 171 cm³/mol. The highest BCUT2D eigenvalue weighted by molar-refractivity contribution is 6.30. The summed E-state index contributed by atoms with van der Waals surface area (Å²) in [5, 5.41) is 3.58. The van der Waals surface area contributed by atoms with E-state index in [1.165, 1.54) is 12.1 Å². The quantitative estimate of drug-likeness (QED) is 0.216. The van der Waals surface area contributed by atoms with Crippen molar-refractivity contribution in [1.82, 2.24) is 9.80 Å². The first kappa shape index (κ1) is 33.1. The first-order valence-electron chi connectivity index (χ1n) is 15.1. The Morgan fingerprint density at radius 1 is 0.977 bits per heavy atom. The third-order valence-electron chi connectivity index (χ3n) is 7.87. The smallest absolute Gasteiger partial charge is 0.339 e. The maximum Gasteiger partial charge on any atom is 0.416 e. The monoisotopic (exact) mass is 625 g/mol. The Hall–Kier alpha value is -3.78. The Bertz CT molecular complexity index is 1400. The molecule has 3 amide bonds. The van der Waals surface area contributed by atoms with Crippen LogP contribution in [0.25, 0.3) is 6.08 Å². The van der Waals surface area contributed by atoms with Crippen LogP contribution in [0, 0.1) is 5.92 Å². The van der Waals surface area contributed by atoms with Crippen molar-refractivity contribution in [3.63, 3.8) is 0 Å². The van der Waals surface area contributed by atoms with Gasteiger partial charge in [0.25, 0.3) is 5.91 Å². The summed E-state index contributed by atoms with van der Waals surface area (Å²) >= 11 is 6.04. The molecule has 0 spiro atoms. The molecule has 0 radical (unpaired) electrons. The van der Waals surface area contributed by atoms with Crippen LogP contribution in [0.2, 0.25) is 5.02 Å². The maximum absolute atomic E-state index is 13.7. The van der Waals surface area contributed by atoms with E-state index in [1.54, 1.807) is 29.2 Å². The molecule has 3 aromatic carbocycles. The minimum atomic E-state index is -4.51. The molecule has 0 atom stereocenters. The molecular formula is C35H39ClF3N3O2. The second kappa shape index (κ2) is 15.8. The van der Waals surface area contributed by atoms with Crippen molar-refractivity contribution >= 4 is 35.3 Å². The van der Waals surface area contributed by atoms with Crippen LogP contribution in [0.5, 0.6) is 0 Å². The van der Waals surface area contributed by atoms with E-state index < -0.39 is 17.6 Å². The number of nitrogens with zero attached hydrogens (tertiary/aromatic N) is 2. The summed E-state index contributed by atoms with van der Waals surface area (Å²) in [5.41, 5.74) is 2.08. The normalized spacial score (nSPS) is 14.4. The number of hydrogen-bond donors (Lipinski definition) is 1. The number of carbonyl (C=O) groups excluding carboxylic acids is 2. The zero-order valence-electron chi connectivity index (χ0n) is 25.0. The van der Waals surface area contributed by atoms with Gasteiger partial charge in [0.15, 0.2) is 0 Å². The van der Waals surface area contributed by atoms with Gasteiger partial charge in [-0.2, -0.15) is 13.2 Å². The van der Waals surface area contributed by atoms with Crippen molar-refractivity contribution < 1.29 is 22.8 Å². The largest absolute Gasteiger partial charge is 0.416 e. The fourth-order valence-corrected chi connectivity index (χ4v) is 5.55. The minimum absolute atomic E-state index is 0.0324. The van der Waals surface area contributed by atoms with Crippen molar-refractivity contribution in [2.75, 3.05) is 31.5 Å². The molecular weight excluding hydrogens is 587 g/mol. The molecule has 1 heterocycles. The first-order valence-corrected chi connectivity index (χ1v) is 15.5. The highest BCUT2D eigenvalue weighted by Crippen LogP contribution is 2.30. The molecule has 1 aliphatic heterocycles. The molecule has 44 heavy (non-hydrogen) atoms. The molecule has 0 bridgehead atoms. The van der Waals surface area contributed by atoms with Crippen LogP contribution in [0.4, 0.5) is 23.7 Å². The Morgan fingerprint density at radius 2 is 1.68 bits per heavy atom. The molecule has 0 saturated carbocycles. The Kier molecular flexibility index (Phi) is 11.9. The predicted octanol–water partition coefficient (Wildman–Crippen LogP) is 9.41. The van der Waals surface area contributed by atoms with Gasteiger partial charge in [-0.05, 0) is 79.6 Å². The van der Waals surface area contributed by atoms with Gasteiger partial charge < -0.3 is 15.1 Å². The van der Waals surface area contributed by atoms with Gasteiger partial charge in [-0.25, -0.2) is 4.79 Å². The van der Waals surface area contributed by atoms with Crippen molar-refractivity contribution in [3.8, 4) is 0 Å². The number of piperidine rings is 1. The second-order valence-corrected chi connectivity index (χ2v) is 11.7. The van der Waals surface area contributed by atoms with Gasteiger partial charge in [0.05, 0.1) is 5.56 Å². The highest BCUT2D eigenvalue weighted by Gasteiger charge is 2.32. The number of halogens is 4. The number of likely N-dealkylation sites (tertiary alicyclic amines) is 1. The van der Waals surface area contributed by atoms with Gasteiger partial charge in [0.2, 0.25) is 0 Å². The number of anilines is 1. The zero-order valence-corrected chi connectivity index (χ0v) is 25.7. The van der Waals surface area contributed by atoms with E-state index in [1.807, 2.05) is 23.1 Å². The topological polar surface area (TPSA) is 52.7 Å². The Balaban J connectivity index is 1.47. The van der Waals surface area contributed by atoms with Crippen LogP contribution >= 0.6 is 11.6 Å². The number of rotatable bonds is 11. The van der Waals surface area contributed by atoms with Gasteiger partial charge in [0.1, 0.15) is 0 Å². The molecule has 0 aliphatic carbocycles. The molecule has 1 fully saturated rings. The molecule has 3 aromatic rings. The number of nitrogens with one attached hydrogen (secondary N) is 1. The van der Waals surface area contributed by atoms with E-state index in [0.717, 1.165) is 49.0 Å². The standard InChI is InChI=1S/C35H39ClF3N3O2/c1-2-3-5-11-28(22-26-9-6-4-7-10-26)25-42(34(44)40-32-16-14-31(36)15-17-32)24-27-18-20-41(21-19-27)33(43)29-12-8-13-30(23-29)35(37,38)39/h4,6-10,12-17,22-23,27H,2-3,5,11,18-21,24-25H2,1H3,(H,40,44)/b28-22+. The van der Waals surface area contributed by atoms with E-state index >= 15 is 0 Å². The fraction of sp³-hybridized carbons (Fsp3) is 0.371. The number of urea groups is 1. The van der Waals surface area contributed by atoms with Crippen LogP contribution in [0.1, 0.15) is 66.9 Å². The van der Waals surface area contributed by atoms with Crippen molar-refractivity contribution in [2.24, 2.45) is 5.92 Å². The number of amides is 3. The lowest BCUT2D eigenvalue weighted by molar-refractivity contribution is -0.137. The number of benzene rings is 3. The molecule has 234 valence electrons. The summed E-state index contributed by atoms with van der Waals surface area (Å²) in [6, 6.07) is 21.4. The van der Waals surface area contributed by atoms with Gasteiger partial charge in [-0.3, -0.25) is 4.79 Å². The molecule has 1 aliphatic rings. The van der Waals surface area contributed by atoms with E-state index in [4.69, 9.17) is 11.6 Å². The Morgan fingerprint density at radius 3 is 2.34 bits per heavy atom. The van der Waals surface area contributed by atoms with Crippen molar-refractivity contribution in [2.45, 2.75) is 51.6 Å². The molecule has 9 heteroatoms. The molecule has 1 N–H and O–H groups in total. The highest BCUT2D eigenvalue weighted by atomic mass is 35.5. The number of alkyl halides is 3. The molecule has 4 rings (SSSR count). The molecule has 5 nitrogen and oxygen atoms in total. The summed E-state index contributed by atoms with van der Waals surface area (Å²) in [6.45, 7) is 3.94. The fourth-order valence-electron chi connectivity index (χ4n) is 5.43. The van der Waals surface area contributed by atoms with Gasteiger partial charge >= 0.3 is 12.2 Å². The van der Waals surface area contributed by atoms with E-state index in [2.05, 4.69) is 30.4 Å². The van der Waals surface area contributed by atoms with Crippen LogP contribution in [0.15, 0.2) is 84.4 Å². The van der Waals surface area contributed by atoms with Crippen molar-refractivity contribution in [1.29, 1.82) is 0 Å². The summed E-state index contributed by atoms with van der Waals surface area (Å²) in [4.78, 5) is 30.2. The summed E-state index contributed by atoms with van der Waals surface area (Å²) in [6.07, 6.45) is 3.03. The van der Waals surface area contributed by atoms with E-state index in [9.17, 15) is 22.8 Å². The summed E-state index contributed by atoms with van der Waals surface area (Å²) in [5.74, 6) is -0.277. The lowest BCUT2D eigenvalue weighted by Gasteiger charge is -2.35. The third-order valence-corrected chi connectivity index (χ3v) is 8.12. The zero-order chi connectivity index (χ0) is 31.5. The average Bonchev–Trinajstić information content (AvgIpc) is 3.02. The second-order valence-electron chi connectivity index (χ2n) is 11.3. The first-order chi connectivity index (χ1) is 21.1. The third kappa shape index (κ3) is 9.88. The molecule has 1 saturated heterocycles.